The number of thiophene rings is 1. The molecule has 0 saturated carbocycles. The number of aromatic nitrogens is 3. The first-order valence-corrected chi connectivity index (χ1v) is 13.3. The molecule has 0 bridgehead atoms. The number of ether oxygens (including phenoxy) is 3. The summed E-state index contributed by atoms with van der Waals surface area (Å²) in [6.45, 7) is 2.30. The number of aryl methyl sites for hydroxylation is 1. The molecule has 5 rings (SSSR count). The Kier molecular flexibility index (Phi) is 7.73. The van der Waals surface area contributed by atoms with Crippen molar-refractivity contribution in [1.82, 2.24) is 25.4 Å². The minimum atomic E-state index is -1.69. The van der Waals surface area contributed by atoms with Crippen LogP contribution in [0.25, 0.3) is 16.4 Å². The van der Waals surface area contributed by atoms with Crippen LogP contribution in [0.2, 0.25) is 0 Å². The maximum atomic E-state index is 13.9. The standard InChI is InChI=1S/C28H29N5O5S/c1-18-15-21(25(30-17-18)33-11-10-22(32-33)23-5-4-14-39-23)26(34)31-24(16-19-6-8-20(36-3)9-7-19)28(27(35)29-2)37-12-13-38-28/h4-11,14-15,17,24H,12-13,16H2,1-3H3,(H,29,35)(H,31,34). The molecule has 1 atom stereocenters. The molecule has 1 aromatic carbocycles. The van der Waals surface area contributed by atoms with E-state index in [0.29, 0.717) is 17.1 Å². The van der Waals surface area contributed by atoms with E-state index in [1.807, 2.05) is 54.8 Å². The normalized spacial score (nSPS) is 15.1. The Morgan fingerprint density at radius 3 is 2.62 bits per heavy atom. The summed E-state index contributed by atoms with van der Waals surface area (Å²) in [5, 5.41) is 12.3. The van der Waals surface area contributed by atoms with Crippen molar-refractivity contribution < 1.29 is 23.8 Å². The predicted molar refractivity (Wildman–Crippen MR) is 146 cm³/mol. The van der Waals surface area contributed by atoms with Crippen molar-refractivity contribution >= 4 is 23.2 Å². The zero-order valence-corrected chi connectivity index (χ0v) is 22.7. The summed E-state index contributed by atoms with van der Waals surface area (Å²) in [5.74, 6) is -1.54. The van der Waals surface area contributed by atoms with Crippen LogP contribution in [0.3, 0.4) is 0 Å². The van der Waals surface area contributed by atoms with Crippen molar-refractivity contribution in [2.75, 3.05) is 27.4 Å². The molecule has 2 amide bonds. The van der Waals surface area contributed by atoms with Gasteiger partial charge in [0.2, 0.25) is 0 Å². The second kappa shape index (κ2) is 11.4. The Bertz CT molecular complexity index is 1450. The van der Waals surface area contributed by atoms with Gasteiger partial charge in [0.25, 0.3) is 17.6 Å². The minimum absolute atomic E-state index is 0.221. The average Bonchev–Trinajstić information content (AvgIpc) is 3.74. The van der Waals surface area contributed by atoms with E-state index < -0.39 is 23.6 Å². The van der Waals surface area contributed by atoms with Gasteiger partial charge in [0.15, 0.2) is 5.82 Å². The van der Waals surface area contributed by atoms with E-state index in [1.54, 1.807) is 41.6 Å². The highest BCUT2D eigenvalue weighted by Gasteiger charge is 2.52. The Balaban J connectivity index is 1.49. The van der Waals surface area contributed by atoms with Crippen molar-refractivity contribution in [2.24, 2.45) is 0 Å². The van der Waals surface area contributed by atoms with Gasteiger partial charge >= 0.3 is 0 Å². The van der Waals surface area contributed by atoms with Crippen LogP contribution in [-0.2, 0) is 20.7 Å². The average molecular weight is 548 g/mol. The first-order chi connectivity index (χ1) is 18.9. The lowest BCUT2D eigenvalue weighted by atomic mass is 9.96. The molecule has 4 heterocycles. The molecule has 0 radical (unpaired) electrons. The molecule has 0 spiro atoms. The highest BCUT2D eigenvalue weighted by Crippen LogP contribution is 2.29. The van der Waals surface area contributed by atoms with Gasteiger partial charge in [-0.15, -0.1) is 11.3 Å². The summed E-state index contributed by atoms with van der Waals surface area (Å²) < 4.78 is 18.6. The molecule has 1 aliphatic rings. The highest BCUT2D eigenvalue weighted by molar-refractivity contribution is 7.13. The molecule has 202 valence electrons. The van der Waals surface area contributed by atoms with Gasteiger partial charge in [0, 0.05) is 19.4 Å². The predicted octanol–water partition coefficient (Wildman–Crippen LogP) is 3.14. The first kappa shape index (κ1) is 26.5. The second-order valence-electron chi connectivity index (χ2n) is 9.03. The number of benzene rings is 1. The molecule has 3 aromatic heterocycles. The van der Waals surface area contributed by atoms with Gasteiger partial charge in [-0.2, -0.15) is 5.10 Å². The van der Waals surface area contributed by atoms with Crippen molar-refractivity contribution in [3.8, 4) is 22.1 Å². The fraction of sp³-hybridized carbons (Fsp3) is 0.286. The third kappa shape index (κ3) is 5.42. The molecular weight excluding hydrogens is 518 g/mol. The van der Waals surface area contributed by atoms with E-state index in [4.69, 9.17) is 14.2 Å². The lowest BCUT2D eigenvalue weighted by Gasteiger charge is -2.34. The van der Waals surface area contributed by atoms with Crippen LogP contribution in [0.5, 0.6) is 5.75 Å². The molecule has 0 aliphatic carbocycles. The van der Waals surface area contributed by atoms with E-state index >= 15 is 0 Å². The van der Waals surface area contributed by atoms with Crippen molar-refractivity contribution in [2.45, 2.75) is 25.2 Å². The zero-order chi connectivity index (χ0) is 27.4. The Labute approximate surface area is 229 Å². The molecule has 4 aromatic rings. The fourth-order valence-electron chi connectivity index (χ4n) is 4.52. The van der Waals surface area contributed by atoms with Crippen LogP contribution in [0, 0.1) is 6.92 Å². The van der Waals surface area contributed by atoms with E-state index in [9.17, 15) is 9.59 Å². The third-order valence-electron chi connectivity index (χ3n) is 6.45. The molecule has 1 aliphatic heterocycles. The third-order valence-corrected chi connectivity index (χ3v) is 7.34. The summed E-state index contributed by atoms with van der Waals surface area (Å²) in [7, 11) is 3.10. The van der Waals surface area contributed by atoms with Crippen LogP contribution in [0.1, 0.15) is 21.5 Å². The van der Waals surface area contributed by atoms with Crippen LogP contribution in [0.15, 0.2) is 66.3 Å². The lowest BCUT2D eigenvalue weighted by Crippen LogP contribution is -2.62. The minimum Gasteiger partial charge on any atom is -0.497 e. The highest BCUT2D eigenvalue weighted by atomic mass is 32.1. The molecule has 2 N–H and O–H groups in total. The molecule has 39 heavy (non-hydrogen) atoms. The van der Waals surface area contributed by atoms with Crippen molar-refractivity contribution in [3.05, 3.63) is 83.0 Å². The zero-order valence-electron chi connectivity index (χ0n) is 21.8. The summed E-state index contributed by atoms with van der Waals surface area (Å²) in [5.41, 5.74) is 2.75. The Morgan fingerprint density at radius 2 is 1.95 bits per heavy atom. The number of nitrogens with zero attached hydrogens (tertiary/aromatic N) is 3. The largest absolute Gasteiger partial charge is 0.497 e. The van der Waals surface area contributed by atoms with E-state index in [0.717, 1.165) is 21.7 Å². The summed E-state index contributed by atoms with van der Waals surface area (Å²) in [6.07, 6.45) is 3.72. The molecule has 11 heteroatoms. The number of hydrogen-bond donors (Lipinski definition) is 2. The van der Waals surface area contributed by atoms with E-state index in [1.165, 1.54) is 7.05 Å². The van der Waals surface area contributed by atoms with Crippen LogP contribution in [0.4, 0.5) is 0 Å². The number of carbonyl (C=O) groups excluding carboxylic acids is 2. The number of carbonyl (C=O) groups is 2. The monoisotopic (exact) mass is 547 g/mol. The number of pyridine rings is 1. The summed E-state index contributed by atoms with van der Waals surface area (Å²) in [6, 6.07) is 14.1. The molecule has 1 fully saturated rings. The van der Waals surface area contributed by atoms with Crippen LogP contribution >= 0.6 is 11.3 Å². The molecule has 10 nitrogen and oxygen atoms in total. The Hall–Kier alpha value is -4.06. The lowest BCUT2D eigenvalue weighted by molar-refractivity contribution is -0.192. The maximum Gasteiger partial charge on any atom is 0.282 e. The van der Waals surface area contributed by atoms with Crippen LogP contribution in [-0.4, -0.2) is 65.8 Å². The van der Waals surface area contributed by atoms with Crippen molar-refractivity contribution in [1.29, 1.82) is 0 Å². The van der Waals surface area contributed by atoms with Gasteiger partial charge in [-0.05, 0) is 60.2 Å². The number of nitrogens with one attached hydrogen (secondary N) is 2. The number of likely N-dealkylation sites (N-methyl/N-ethyl adjacent to an activating group) is 1. The summed E-state index contributed by atoms with van der Waals surface area (Å²) >= 11 is 1.58. The number of hydrogen-bond acceptors (Lipinski definition) is 8. The Morgan fingerprint density at radius 1 is 1.18 bits per heavy atom. The van der Waals surface area contributed by atoms with Gasteiger partial charge in [-0.25, -0.2) is 9.67 Å². The van der Waals surface area contributed by atoms with Crippen molar-refractivity contribution in [3.63, 3.8) is 0 Å². The maximum absolute atomic E-state index is 13.9. The fourth-order valence-corrected chi connectivity index (χ4v) is 5.21. The quantitative estimate of drug-likeness (QED) is 0.331. The number of amides is 2. The van der Waals surface area contributed by atoms with Crippen LogP contribution < -0.4 is 15.4 Å². The topological polar surface area (TPSA) is 117 Å². The molecule has 1 saturated heterocycles. The molecule has 1 unspecified atom stereocenters. The van der Waals surface area contributed by atoms with Gasteiger partial charge in [0.05, 0.1) is 36.8 Å². The van der Waals surface area contributed by atoms with Gasteiger partial charge in [-0.1, -0.05) is 18.2 Å². The van der Waals surface area contributed by atoms with Gasteiger partial charge in [0.1, 0.15) is 11.4 Å². The second-order valence-corrected chi connectivity index (χ2v) is 9.98. The van der Waals surface area contributed by atoms with Gasteiger partial charge < -0.3 is 24.8 Å². The molecular formula is C28H29N5O5S. The first-order valence-electron chi connectivity index (χ1n) is 12.4. The van der Waals surface area contributed by atoms with E-state index in [-0.39, 0.29) is 19.6 Å². The summed E-state index contributed by atoms with van der Waals surface area (Å²) in [4.78, 5) is 32.5. The smallest absolute Gasteiger partial charge is 0.282 e. The van der Waals surface area contributed by atoms with E-state index in [2.05, 4.69) is 20.7 Å². The number of rotatable bonds is 9. The van der Waals surface area contributed by atoms with Gasteiger partial charge in [-0.3, -0.25) is 9.59 Å². The number of methoxy groups -OCH3 is 1. The SMILES string of the molecule is CNC(=O)C1(C(Cc2ccc(OC)cc2)NC(=O)c2cc(C)cnc2-n2ccc(-c3cccs3)n2)OCCO1.